The van der Waals surface area contributed by atoms with Crippen LogP contribution >= 0.6 is 0 Å². The van der Waals surface area contributed by atoms with E-state index in [0.29, 0.717) is 12.4 Å². The van der Waals surface area contributed by atoms with Crippen LogP contribution in [0.2, 0.25) is 0 Å². The van der Waals surface area contributed by atoms with E-state index in [0.717, 1.165) is 22.8 Å². The fraction of sp³-hybridized carbons (Fsp3) is 0.308. The number of ether oxygens (including phenoxy) is 2. The van der Waals surface area contributed by atoms with Gasteiger partial charge in [0.2, 0.25) is 0 Å². The first-order valence-corrected chi connectivity index (χ1v) is 5.65. The maximum Gasteiger partial charge on any atom is 0.124 e. The number of rotatable bonds is 4. The largest absolute Gasteiger partial charge is 0.497 e. The van der Waals surface area contributed by atoms with E-state index in [1.165, 1.54) is 0 Å². The van der Waals surface area contributed by atoms with Crippen molar-refractivity contribution in [2.24, 2.45) is 0 Å². The highest BCUT2D eigenvalue weighted by Gasteiger charge is 2.08. The SMILES string of the molecule is COc1ccc(OC)c(Cn2nc(C)cc2N)c1. The molecule has 5 heteroatoms. The Morgan fingerprint density at radius 2 is 2.00 bits per heavy atom. The van der Waals surface area contributed by atoms with Crippen molar-refractivity contribution in [3.8, 4) is 11.5 Å². The van der Waals surface area contributed by atoms with Gasteiger partial charge < -0.3 is 15.2 Å². The number of aromatic nitrogens is 2. The molecule has 2 aromatic rings. The van der Waals surface area contributed by atoms with E-state index in [1.54, 1.807) is 18.9 Å². The van der Waals surface area contributed by atoms with Crippen molar-refractivity contribution in [2.75, 3.05) is 20.0 Å². The maximum absolute atomic E-state index is 5.88. The van der Waals surface area contributed by atoms with Gasteiger partial charge in [0.05, 0.1) is 26.5 Å². The van der Waals surface area contributed by atoms with Crippen molar-refractivity contribution in [1.29, 1.82) is 0 Å². The third-order valence-corrected chi connectivity index (χ3v) is 2.74. The van der Waals surface area contributed by atoms with Crippen molar-refractivity contribution >= 4 is 5.82 Å². The van der Waals surface area contributed by atoms with Gasteiger partial charge in [-0.1, -0.05) is 0 Å². The molecule has 0 amide bonds. The zero-order valence-electron chi connectivity index (χ0n) is 10.8. The Balaban J connectivity index is 2.35. The topological polar surface area (TPSA) is 62.3 Å². The molecule has 0 unspecified atom stereocenters. The van der Waals surface area contributed by atoms with Gasteiger partial charge in [-0.3, -0.25) is 0 Å². The van der Waals surface area contributed by atoms with Crippen LogP contribution in [0.5, 0.6) is 11.5 Å². The van der Waals surface area contributed by atoms with Crippen LogP contribution < -0.4 is 15.2 Å². The molecule has 0 atom stereocenters. The molecule has 0 aliphatic carbocycles. The number of nitrogens with two attached hydrogens (primary N) is 1. The fourth-order valence-electron chi connectivity index (χ4n) is 1.86. The molecule has 0 bridgehead atoms. The summed E-state index contributed by atoms with van der Waals surface area (Å²) in [6, 6.07) is 7.50. The summed E-state index contributed by atoms with van der Waals surface area (Å²) >= 11 is 0. The molecule has 1 aromatic carbocycles. The molecule has 0 radical (unpaired) electrons. The molecular formula is C13H17N3O2. The summed E-state index contributed by atoms with van der Waals surface area (Å²) in [5.41, 5.74) is 7.76. The second-order valence-electron chi connectivity index (χ2n) is 4.05. The highest BCUT2D eigenvalue weighted by Crippen LogP contribution is 2.25. The summed E-state index contributed by atoms with van der Waals surface area (Å²) in [7, 11) is 3.28. The van der Waals surface area contributed by atoms with Crippen LogP contribution in [-0.4, -0.2) is 24.0 Å². The highest BCUT2D eigenvalue weighted by atomic mass is 16.5. The van der Waals surface area contributed by atoms with Crippen molar-refractivity contribution in [3.05, 3.63) is 35.5 Å². The van der Waals surface area contributed by atoms with Gasteiger partial charge in [0.15, 0.2) is 0 Å². The van der Waals surface area contributed by atoms with E-state index in [-0.39, 0.29) is 0 Å². The summed E-state index contributed by atoms with van der Waals surface area (Å²) in [5.74, 6) is 2.22. The lowest BCUT2D eigenvalue weighted by Gasteiger charge is -2.11. The van der Waals surface area contributed by atoms with Crippen molar-refractivity contribution in [2.45, 2.75) is 13.5 Å². The van der Waals surface area contributed by atoms with Crippen molar-refractivity contribution in [1.82, 2.24) is 9.78 Å². The van der Waals surface area contributed by atoms with Crippen LogP contribution in [0.4, 0.5) is 5.82 Å². The molecule has 0 saturated heterocycles. The van der Waals surface area contributed by atoms with Crippen LogP contribution in [-0.2, 0) is 6.54 Å². The van der Waals surface area contributed by atoms with Crippen LogP contribution in [0, 0.1) is 6.92 Å². The molecule has 96 valence electrons. The first kappa shape index (κ1) is 12.3. The number of methoxy groups -OCH3 is 2. The van der Waals surface area contributed by atoms with Gasteiger partial charge in [0.1, 0.15) is 17.3 Å². The number of hydrogen-bond donors (Lipinski definition) is 1. The minimum Gasteiger partial charge on any atom is -0.497 e. The molecule has 0 aliphatic rings. The van der Waals surface area contributed by atoms with E-state index < -0.39 is 0 Å². The lowest BCUT2D eigenvalue weighted by Crippen LogP contribution is -2.07. The molecule has 1 heterocycles. The summed E-state index contributed by atoms with van der Waals surface area (Å²) < 4.78 is 12.3. The fourth-order valence-corrected chi connectivity index (χ4v) is 1.86. The summed E-state index contributed by atoms with van der Waals surface area (Å²) in [6.45, 7) is 2.47. The van der Waals surface area contributed by atoms with Crippen LogP contribution in [0.1, 0.15) is 11.3 Å². The first-order chi connectivity index (χ1) is 8.63. The predicted octanol–water partition coefficient (Wildman–Crippen LogP) is 1.84. The van der Waals surface area contributed by atoms with Crippen LogP contribution in [0.25, 0.3) is 0 Å². The molecule has 1 aromatic heterocycles. The third kappa shape index (κ3) is 2.40. The van der Waals surface area contributed by atoms with E-state index in [9.17, 15) is 0 Å². The smallest absolute Gasteiger partial charge is 0.124 e. The zero-order valence-corrected chi connectivity index (χ0v) is 10.8. The molecule has 2 N–H and O–H groups in total. The number of anilines is 1. The van der Waals surface area contributed by atoms with E-state index in [1.807, 2.05) is 31.2 Å². The Bertz CT molecular complexity index is 549. The van der Waals surface area contributed by atoms with Gasteiger partial charge in [-0.2, -0.15) is 5.10 Å². The molecular weight excluding hydrogens is 230 g/mol. The molecule has 0 spiro atoms. The highest BCUT2D eigenvalue weighted by molar-refractivity contribution is 5.41. The van der Waals surface area contributed by atoms with Gasteiger partial charge in [-0.25, -0.2) is 4.68 Å². The van der Waals surface area contributed by atoms with E-state index >= 15 is 0 Å². The lowest BCUT2D eigenvalue weighted by molar-refractivity contribution is 0.397. The van der Waals surface area contributed by atoms with Crippen LogP contribution in [0.15, 0.2) is 24.3 Å². The van der Waals surface area contributed by atoms with E-state index in [2.05, 4.69) is 5.10 Å². The van der Waals surface area contributed by atoms with Crippen molar-refractivity contribution in [3.63, 3.8) is 0 Å². The minimum absolute atomic E-state index is 0.556. The summed E-state index contributed by atoms with van der Waals surface area (Å²) in [5, 5.41) is 4.33. The average molecular weight is 247 g/mol. The second-order valence-corrected chi connectivity index (χ2v) is 4.05. The summed E-state index contributed by atoms with van der Waals surface area (Å²) in [4.78, 5) is 0. The Hall–Kier alpha value is -2.17. The summed E-state index contributed by atoms with van der Waals surface area (Å²) in [6.07, 6.45) is 0. The predicted molar refractivity (Wildman–Crippen MR) is 70.0 cm³/mol. The molecule has 5 nitrogen and oxygen atoms in total. The van der Waals surface area contributed by atoms with Gasteiger partial charge in [-0.15, -0.1) is 0 Å². The molecule has 2 rings (SSSR count). The molecule has 0 saturated carbocycles. The Labute approximate surface area is 106 Å². The van der Waals surface area contributed by atoms with Crippen LogP contribution in [0.3, 0.4) is 0 Å². The normalized spacial score (nSPS) is 10.4. The maximum atomic E-state index is 5.88. The third-order valence-electron chi connectivity index (χ3n) is 2.74. The zero-order chi connectivity index (χ0) is 13.1. The molecule has 0 aliphatic heterocycles. The lowest BCUT2D eigenvalue weighted by atomic mass is 10.2. The Morgan fingerprint density at radius 1 is 1.22 bits per heavy atom. The number of nitrogens with zero attached hydrogens (tertiary/aromatic N) is 2. The van der Waals surface area contributed by atoms with E-state index in [4.69, 9.17) is 15.2 Å². The van der Waals surface area contributed by atoms with Gasteiger partial charge in [0, 0.05) is 11.6 Å². The quantitative estimate of drug-likeness (QED) is 0.895. The van der Waals surface area contributed by atoms with Crippen molar-refractivity contribution < 1.29 is 9.47 Å². The monoisotopic (exact) mass is 247 g/mol. The first-order valence-electron chi connectivity index (χ1n) is 5.65. The standard InChI is InChI=1S/C13H17N3O2/c1-9-6-13(14)16(15-9)8-10-7-11(17-2)4-5-12(10)18-3/h4-7H,8,14H2,1-3H3. The number of benzene rings is 1. The van der Waals surface area contributed by atoms with Gasteiger partial charge in [0.25, 0.3) is 0 Å². The second kappa shape index (κ2) is 5.00. The van der Waals surface area contributed by atoms with Gasteiger partial charge in [-0.05, 0) is 25.1 Å². The Morgan fingerprint density at radius 3 is 2.56 bits per heavy atom. The number of nitrogen functional groups attached to an aromatic ring is 1. The number of aryl methyl sites for hydroxylation is 1. The number of hydrogen-bond acceptors (Lipinski definition) is 4. The average Bonchev–Trinajstić information content (AvgIpc) is 2.67. The molecule has 18 heavy (non-hydrogen) atoms. The minimum atomic E-state index is 0.556. The Kier molecular flexibility index (Phi) is 3.41. The van der Waals surface area contributed by atoms with Gasteiger partial charge >= 0.3 is 0 Å². The molecule has 0 fully saturated rings.